The highest BCUT2D eigenvalue weighted by molar-refractivity contribution is 5.85. The zero-order valence-corrected chi connectivity index (χ0v) is 15.7. The number of rotatable bonds is 4. The van der Waals surface area contributed by atoms with Gasteiger partial charge in [0.25, 0.3) is 0 Å². The Morgan fingerprint density at radius 2 is 1.85 bits per heavy atom. The normalized spacial score (nSPS) is 19.4. The number of alkyl halides is 3. The molecule has 26 heavy (non-hydrogen) atoms. The molecule has 2 N–H and O–H groups in total. The van der Waals surface area contributed by atoms with Crippen molar-refractivity contribution in [2.45, 2.75) is 43.9 Å². The lowest BCUT2D eigenvalue weighted by molar-refractivity contribution is -0.156. The number of nitrogens with zero attached hydrogens (tertiary/aromatic N) is 1. The minimum absolute atomic E-state index is 0. The third-order valence-corrected chi connectivity index (χ3v) is 5.06. The van der Waals surface area contributed by atoms with Gasteiger partial charge in [-0.2, -0.15) is 13.2 Å². The average Bonchev–Trinajstić information content (AvgIpc) is 2.80. The van der Waals surface area contributed by atoms with Crippen LogP contribution in [0.1, 0.15) is 36.6 Å². The Balaban J connectivity index is 0.00000243. The standard InChI is InChI=1S/C19H22F3N3.ClH/c1-18(2)14-7-5-4-6-12(14)10-15(18)25-16-9-8-13(11-24-16)17(23-3)19(20,21)22;/h4-9,11,15,17,23H,10H2,1-3H3,(H,24,25);1H/t15?,17-;/m0./s1. The van der Waals surface area contributed by atoms with Crippen LogP contribution in [0.2, 0.25) is 0 Å². The molecule has 0 saturated carbocycles. The summed E-state index contributed by atoms with van der Waals surface area (Å²) in [5.41, 5.74) is 2.64. The maximum Gasteiger partial charge on any atom is 0.407 e. The molecule has 0 radical (unpaired) electrons. The van der Waals surface area contributed by atoms with E-state index in [-0.39, 0.29) is 29.4 Å². The zero-order valence-electron chi connectivity index (χ0n) is 14.9. The number of nitrogens with one attached hydrogen (secondary N) is 2. The van der Waals surface area contributed by atoms with Gasteiger partial charge < -0.3 is 10.6 Å². The summed E-state index contributed by atoms with van der Waals surface area (Å²) in [5, 5.41) is 5.68. The first-order valence-corrected chi connectivity index (χ1v) is 8.28. The minimum atomic E-state index is -4.35. The van der Waals surface area contributed by atoms with Crippen molar-refractivity contribution in [3.05, 3.63) is 59.3 Å². The van der Waals surface area contributed by atoms with Crippen molar-refractivity contribution in [2.75, 3.05) is 12.4 Å². The molecule has 142 valence electrons. The second-order valence-corrected chi connectivity index (χ2v) is 7.02. The number of halogens is 4. The topological polar surface area (TPSA) is 37.0 Å². The van der Waals surface area contributed by atoms with E-state index in [1.807, 2.05) is 12.1 Å². The summed E-state index contributed by atoms with van der Waals surface area (Å²) in [6.07, 6.45) is -2.19. The predicted octanol–water partition coefficient (Wildman–Crippen LogP) is 4.64. The van der Waals surface area contributed by atoms with Crippen molar-refractivity contribution in [3.63, 3.8) is 0 Å². The fourth-order valence-electron chi connectivity index (χ4n) is 3.58. The van der Waals surface area contributed by atoms with Crippen LogP contribution in [0.15, 0.2) is 42.6 Å². The van der Waals surface area contributed by atoms with E-state index in [1.165, 1.54) is 30.4 Å². The maximum atomic E-state index is 13.0. The molecular formula is C19H23ClF3N3. The van der Waals surface area contributed by atoms with Crippen molar-refractivity contribution < 1.29 is 13.2 Å². The third kappa shape index (κ3) is 3.81. The second-order valence-electron chi connectivity index (χ2n) is 7.02. The van der Waals surface area contributed by atoms with Crippen molar-refractivity contribution in [1.82, 2.24) is 10.3 Å². The molecule has 1 aromatic carbocycles. The molecule has 2 atom stereocenters. The van der Waals surface area contributed by atoms with Gasteiger partial charge in [0.15, 0.2) is 0 Å². The van der Waals surface area contributed by atoms with Crippen LogP contribution in [0.4, 0.5) is 19.0 Å². The minimum Gasteiger partial charge on any atom is -0.366 e. The van der Waals surface area contributed by atoms with Crippen molar-refractivity contribution >= 4 is 18.2 Å². The molecule has 0 fully saturated rings. The lowest BCUT2D eigenvalue weighted by atomic mass is 9.83. The Bertz CT molecular complexity index is 744. The maximum absolute atomic E-state index is 13.0. The zero-order chi connectivity index (χ0) is 18.2. The van der Waals surface area contributed by atoms with E-state index in [1.54, 1.807) is 6.07 Å². The van der Waals surface area contributed by atoms with Gasteiger partial charge in [0.2, 0.25) is 0 Å². The van der Waals surface area contributed by atoms with Gasteiger partial charge in [0, 0.05) is 17.7 Å². The van der Waals surface area contributed by atoms with E-state index in [9.17, 15) is 13.2 Å². The monoisotopic (exact) mass is 385 g/mol. The largest absolute Gasteiger partial charge is 0.407 e. The first-order valence-electron chi connectivity index (χ1n) is 8.28. The van der Waals surface area contributed by atoms with Crippen molar-refractivity contribution in [1.29, 1.82) is 0 Å². The van der Waals surface area contributed by atoms with Crippen molar-refractivity contribution in [3.8, 4) is 0 Å². The van der Waals surface area contributed by atoms with Crippen LogP contribution in [0.3, 0.4) is 0 Å². The number of aromatic nitrogens is 1. The van der Waals surface area contributed by atoms with Gasteiger partial charge in [-0.1, -0.05) is 44.2 Å². The highest BCUT2D eigenvalue weighted by Crippen LogP contribution is 2.40. The van der Waals surface area contributed by atoms with Gasteiger partial charge in [-0.3, -0.25) is 0 Å². The van der Waals surface area contributed by atoms with Crippen LogP contribution in [-0.4, -0.2) is 24.2 Å². The van der Waals surface area contributed by atoms with Gasteiger partial charge in [-0.25, -0.2) is 4.98 Å². The first kappa shape index (κ1) is 20.5. The Morgan fingerprint density at radius 1 is 1.15 bits per heavy atom. The SMILES string of the molecule is CN[C@@H](c1ccc(NC2Cc3ccccc3C2(C)C)nc1)C(F)(F)F.Cl. The molecule has 1 unspecified atom stereocenters. The summed E-state index contributed by atoms with van der Waals surface area (Å²) < 4.78 is 38.9. The van der Waals surface area contributed by atoms with Crippen LogP contribution in [-0.2, 0) is 11.8 Å². The molecule has 1 aliphatic rings. The molecule has 1 aromatic heterocycles. The van der Waals surface area contributed by atoms with E-state index in [0.29, 0.717) is 5.82 Å². The smallest absolute Gasteiger partial charge is 0.366 e. The van der Waals surface area contributed by atoms with Crippen LogP contribution in [0.5, 0.6) is 0 Å². The molecule has 7 heteroatoms. The number of fused-ring (bicyclic) bond motifs is 1. The number of hydrogen-bond donors (Lipinski definition) is 2. The Hall–Kier alpha value is -1.79. The third-order valence-electron chi connectivity index (χ3n) is 5.06. The fourth-order valence-corrected chi connectivity index (χ4v) is 3.58. The van der Waals surface area contributed by atoms with E-state index in [2.05, 4.69) is 41.6 Å². The van der Waals surface area contributed by atoms with Gasteiger partial charge in [0.1, 0.15) is 11.9 Å². The Morgan fingerprint density at radius 3 is 2.38 bits per heavy atom. The highest BCUT2D eigenvalue weighted by atomic mass is 35.5. The molecule has 0 aliphatic heterocycles. The van der Waals surface area contributed by atoms with E-state index >= 15 is 0 Å². The van der Waals surface area contributed by atoms with E-state index in [0.717, 1.165) is 6.42 Å². The van der Waals surface area contributed by atoms with Gasteiger partial charge in [0.05, 0.1) is 0 Å². The quantitative estimate of drug-likeness (QED) is 0.805. The molecule has 2 aromatic rings. The second kappa shape index (κ2) is 7.45. The molecule has 1 aliphatic carbocycles. The van der Waals surface area contributed by atoms with Gasteiger partial charge in [-0.05, 0) is 36.2 Å². The van der Waals surface area contributed by atoms with E-state index in [4.69, 9.17) is 0 Å². The number of benzene rings is 1. The van der Waals surface area contributed by atoms with Crippen LogP contribution >= 0.6 is 12.4 Å². The summed E-state index contributed by atoms with van der Waals surface area (Å²) in [7, 11) is 1.29. The summed E-state index contributed by atoms with van der Waals surface area (Å²) in [4.78, 5) is 4.20. The lowest BCUT2D eigenvalue weighted by Gasteiger charge is -2.29. The number of pyridine rings is 1. The average molecular weight is 386 g/mol. The lowest BCUT2D eigenvalue weighted by Crippen LogP contribution is -2.36. The Labute approximate surface area is 157 Å². The Kier molecular flexibility index (Phi) is 5.88. The fraction of sp³-hybridized carbons (Fsp3) is 0.421. The van der Waals surface area contributed by atoms with Crippen LogP contribution < -0.4 is 10.6 Å². The molecule has 1 heterocycles. The molecule has 3 rings (SSSR count). The summed E-state index contributed by atoms with van der Waals surface area (Å²) in [5.74, 6) is 0.589. The van der Waals surface area contributed by atoms with Crippen molar-refractivity contribution in [2.24, 2.45) is 0 Å². The van der Waals surface area contributed by atoms with Gasteiger partial charge in [-0.15, -0.1) is 12.4 Å². The molecule has 0 bridgehead atoms. The van der Waals surface area contributed by atoms with E-state index < -0.39 is 12.2 Å². The molecule has 0 saturated heterocycles. The predicted molar refractivity (Wildman–Crippen MR) is 99.9 cm³/mol. The van der Waals surface area contributed by atoms with Crippen LogP contribution in [0, 0.1) is 0 Å². The number of anilines is 1. The molecule has 0 amide bonds. The summed E-state index contributed by atoms with van der Waals surface area (Å²) in [6.45, 7) is 4.34. The highest BCUT2D eigenvalue weighted by Gasteiger charge is 2.41. The summed E-state index contributed by atoms with van der Waals surface area (Å²) >= 11 is 0. The van der Waals surface area contributed by atoms with Crippen LogP contribution in [0.25, 0.3) is 0 Å². The molecule has 3 nitrogen and oxygen atoms in total. The first-order chi connectivity index (χ1) is 11.7. The number of hydrogen-bond acceptors (Lipinski definition) is 3. The molecular weight excluding hydrogens is 363 g/mol. The van der Waals surface area contributed by atoms with Gasteiger partial charge >= 0.3 is 6.18 Å². The summed E-state index contributed by atoms with van der Waals surface area (Å²) in [6, 6.07) is 9.84. The molecule has 0 spiro atoms.